The van der Waals surface area contributed by atoms with E-state index in [0.717, 1.165) is 73.2 Å². The smallest absolute Gasteiger partial charge is 0.185 e. The highest BCUT2D eigenvalue weighted by atomic mass is 32.2. The fourth-order valence-corrected chi connectivity index (χ4v) is 11.8. The quantitative estimate of drug-likeness (QED) is 0.0590. The fourth-order valence-electron chi connectivity index (χ4n) is 11.0. The molecule has 416 valence electrons. The van der Waals surface area contributed by atoms with E-state index >= 15 is 0 Å². The van der Waals surface area contributed by atoms with Crippen LogP contribution in [0, 0.1) is 58.6 Å². The number of pyridine rings is 4. The molecule has 4 aromatic heterocycles. The van der Waals surface area contributed by atoms with Crippen molar-refractivity contribution in [3.8, 4) is 22.5 Å². The average molecular weight is 1120 g/mol. The molecule has 8 rings (SSSR count). The van der Waals surface area contributed by atoms with E-state index in [9.17, 15) is 52.8 Å². The van der Waals surface area contributed by atoms with Crippen molar-refractivity contribution in [1.29, 1.82) is 0 Å². The summed E-state index contributed by atoms with van der Waals surface area (Å²) in [6.07, 6.45) is 11.8. The SMILES string of the molecule is C[C@@H]1CC(c2ccncc2CC(=O)c2ccc(F)c(-c3c(F)cccc3F)n2)C[C@H](C)C1OCCS(C)(=O)=O.C[C@@H]1CC(c2ccncc2CC(=O)c2ccc(F)c(-c3c(F)cccc3F)n2)C[C@H](C)C1OCCS(C)(=O)=O. The largest absolute Gasteiger partial charge is 0.377 e. The molecule has 2 aliphatic carbocycles. The maximum Gasteiger partial charge on any atom is 0.185 e. The molecule has 0 spiro atoms. The maximum atomic E-state index is 14.5. The molecule has 20 heteroatoms. The van der Waals surface area contributed by atoms with E-state index < -0.39 is 88.7 Å². The van der Waals surface area contributed by atoms with Gasteiger partial charge in [0.05, 0.1) is 48.1 Å². The Kier molecular flexibility index (Phi) is 19.6. The summed E-state index contributed by atoms with van der Waals surface area (Å²) in [6, 6.07) is 14.5. The topological polar surface area (TPSA) is 172 Å². The summed E-state index contributed by atoms with van der Waals surface area (Å²) in [4.78, 5) is 42.8. The standard InChI is InChI=1S/2C29H31F3N2O4S/c2*1-17-13-19(14-18(2)29(17)38-11-12-39(3,36)37)21-9-10-33-16-20(21)15-26(35)25-8-7-24(32)28(34-25)27-22(30)5-4-6-23(27)31/h2*4-10,16-19,29H,11-15H2,1-3H3/t2*17-,18+,19?,29?. The van der Waals surface area contributed by atoms with E-state index in [0.29, 0.717) is 11.1 Å². The number of hydrogen-bond donors (Lipinski definition) is 0. The number of carbonyl (C=O) groups is 2. The van der Waals surface area contributed by atoms with Crippen molar-refractivity contribution >= 4 is 31.2 Å². The molecule has 4 unspecified atom stereocenters. The molecule has 0 aliphatic heterocycles. The highest BCUT2D eigenvalue weighted by Gasteiger charge is 2.37. The average Bonchev–Trinajstić information content (AvgIpc) is 3.47. The van der Waals surface area contributed by atoms with Gasteiger partial charge in [0.2, 0.25) is 0 Å². The highest BCUT2D eigenvalue weighted by molar-refractivity contribution is 7.90. The maximum absolute atomic E-state index is 14.5. The van der Waals surface area contributed by atoms with Crippen LogP contribution < -0.4 is 0 Å². The molecule has 6 aromatic rings. The lowest BCUT2D eigenvalue weighted by Gasteiger charge is -2.39. The molecule has 0 amide bonds. The van der Waals surface area contributed by atoms with Crippen molar-refractivity contribution < 1.29 is 62.2 Å². The first-order valence-electron chi connectivity index (χ1n) is 25.6. The van der Waals surface area contributed by atoms with Crippen molar-refractivity contribution in [3.63, 3.8) is 0 Å². The van der Waals surface area contributed by atoms with Gasteiger partial charge in [0.15, 0.2) is 11.6 Å². The van der Waals surface area contributed by atoms with Crippen molar-refractivity contribution in [1.82, 2.24) is 19.9 Å². The van der Waals surface area contributed by atoms with E-state index in [-0.39, 0.29) is 96.7 Å². The van der Waals surface area contributed by atoms with Gasteiger partial charge in [0, 0.05) is 50.1 Å². The number of sulfone groups is 2. The van der Waals surface area contributed by atoms with E-state index in [2.05, 4.69) is 47.6 Å². The molecule has 2 saturated carbocycles. The van der Waals surface area contributed by atoms with Crippen LogP contribution in [-0.4, -0.2) is 97.8 Å². The first-order chi connectivity index (χ1) is 36.9. The number of benzene rings is 2. The second-order valence-corrected chi connectivity index (χ2v) is 25.3. The van der Waals surface area contributed by atoms with Crippen LogP contribution in [0.2, 0.25) is 0 Å². The minimum absolute atomic E-state index is 0.0221. The highest BCUT2D eigenvalue weighted by Crippen LogP contribution is 2.43. The molecule has 2 aliphatic rings. The molecular formula is C58H62F6N4O8S2. The van der Waals surface area contributed by atoms with Crippen LogP contribution in [0.5, 0.6) is 0 Å². The number of aromatic nitrogens is 4. The lowest BCUT2D eigenvalue weighted by molar-refractivity contribution is -0.0362. The molecule has 0 bridgehead atoms. The summed E-state index contributed by atoms with van der Waals surface area (Å²) in [6.45, 7) is 8.61. The summed E-state index contributed by atoms with van der Waals surface area (Å²) in [5, 5.41) is 0. The van der Waals surface area contributed by atoms with Gasteiger partial charge >= 0.3 is 0 Å². The molecule has 8 atom stereocenters. The van der Waals surface area contributed by atoms with Crippen LogP contribution in [-0.2, 0) is 42.0 Å². The van der Waals surface area contributed by atoms with Crippen molar-refractivity contribution in [2.24, 2.45) is 23.7 Å². The van der Waals surface area contributed by atoms with Crippen LogP contribution >= 0.6 is 0 Å². The summed E-state index contributed by atoms with van der Waals surface area (Å²) in [5.41, 5.74) is 0.779. The fraction of sp³-hybridized carbons (Fsp3) is 0.414. The van der Waals surface area contributed by atoms with Crippen molar-refractivity contribution in [2.75, 3.05) is 37.2 Å². The number of nitrogens with zero attached hydrogens (tertiary/aromatic N) is 4. The van der Waals surface area contributed by atoms with Gasteiger partial charge in [-0.05, 0) is 144 Å². The van der Waals surface area contributed by atoms with E-state index in [1.54, 1.807) is 24.8 Å². The first-order valence-corrected chi connectivity index (χ1v) is 29.7. The van der Waals surface area contributed by atoms with Gasteiger partial charge in [-0.25, -0.2) is 53.1 Å². The summed E-state index contributed by atoms with van der Waals surface area (Å²) in [5.74, 6) is -5.77. The monoisotopic (exact) mass is 1120 g/mol. The zero-order valence-corrected chi connectivity index (χ0v) is 45.7. The molecule has 12 nitrogen and oxygen atoms in total. The second-order valence-electron chi connectivity index (χ2n) is 20.8. The van der Waals surface area contributed by atoms with Gasteiger partial charge < -0.3 is 9.47 Å². The van der Waals surface area contributed by atoms with Gasteiger partial charge in [-0.1, -0.05) is 39.8 Å². The number of hydrogen-bond acceptors (Lipinski definition) is 12. The lowest BCUT2D eigenvalue weighted by Crippen LogP contribution is -2.37. The number of rotatable bonds is 18. The molecule has 0 N–H and O–H groups in total. The Balaban J connectivity index is 0.000000226. The third-order valence-electron chi connectivity index (χ3n) is 14.5. The van der Waals surface area contributed by atoms with E-state index in [1.807, 2.05) is 12.1 Å². The van der Waals surface area contributed by atoms with Crippen molar-refractivity contribution in [2.45, 2.75) is 90.3 Å². The van der Waals surface area contributed by atoms with Crippen LogP contribution in [0.1, 0.15) is 108 Å². The van der Waals surface area contributed by atoms with E-state index in [1.165, 1.54) is 36.8 Å². The predicted molar refractivity (Wildman–Crippen MR) is 283 cm³/mol. The zero-order chi connectivity index (χ0) is 56.6. The van der Waals surface area contributed by atoms with Gasteiger partial charge in [-0.3, -0.25) is 19.6 Å². The first kappa shape index (κ1) is 59.4. The number of halogens is 6. The number of carbonyl (C=O) groups excluding carboxylic acids is 2. The molecular weight excluding hydrogens is 1060 g/mol. The third-order valence-corrected chi connectivity index (χ3v) is 16.3. The van der Waals surface area contributed by atoms with Crippen LogP contribution in [0.3, 0.4) is 0 Å². The Morgan fingerprint density at radius 1 is 0.500 bits per heavy atom. The van der Waals surface area contributed by atoms with Gasteiger partial charge in [0.25, 0.3) is 0 Å². The number of Topliss-reactive ketones (excluding diaryl/α,β-unsaturated/α-hetero) is 2. The molecule has 4 heterocycles. The molecule has 2 aromatic carbocycles. The van der Waals surface area contributed by atoms with Crippen molar-refractivity contribution in [3.05, 3.63) is 166 Å². The molecule has 78 heavy (non-hydrogen) atoms. The summed E-state index contributed by atoms with van der Waals surface area (Å²) < 4.78 is 144. The van der Waals surface area contributed by atoms with Crippen LogP contribution in [0.15, 0.2) is 97.6 Å². The normalized spacial score (nSPS) is 21.6. The second kappa shape index (κ2) is 25.7. The van der Waals surface area contributed by atoms with Crippen LogP contribution in [0.25, 0.3) is 22.5 Å². The van der Waals surface area contributed by atoms with Gasteiger partial charge in [0.1, 0.15) is 77.4 Å². The molecule has 0 radical (unpaired) electrons. The Hall–Kier alpha value is -6.22. The van der Waals surface area contributed by atoms with Crippen LogP contribution in [0.4, 0.5) is 26.3 Å². The minimum Gasteiger partial charge on any atom is -0.377 e. The predicted octanol–water partition coefficient (Wildman–Crippen LogP) is 11.1. The zero-order valence-electron chi connectivity index (χ0n) is 44.1. The summed E-state index contributed by atoms with van der Waals surface area (Å²) >= 11 is 0. The van der Waals surface area contributed by atoms with Gasteiger partial charge in [-0.15, -0.1) is 0 Å². The van der Waals surface area contributed by atoms with Gasteiger partial charge in [-0.2, -0.15) is 0 Å². The number of ketones is 2. The molecule has 2 fully saturated rings. The summed E-state index contributed by atoms with van der Waals surface area (Å²) in [7, 11) is -6.21. The number of ether oxygens (including phenoxy) is 2. The Morgan fingerprint density at radius 2 is 0.833 bits per heavy atom. The Labute approximate surface area is 451 Å². The minimum atomic E-state index is -3.11. The Bertz CT molecular complexity index is 3090. The van der Waals surface area contributed by atoms with E-state index in [4.69, 9.17) is 9.47 Å². The lowest BCUT2D eigenvalue weighted by atomic mass is 9.71. The molecule has 0 saturated heterocycles. The Morgan fingerprint density at radius 3 is 1.15 bits per heavy atom. The third kappa shape index (κ3) is 15.1.